The number of hydrogen-bond donors (Lipinski definition) is 9. The van der Waals surface area contributed by atoms with Crippen LogP contribution in [0.15, 0.2) is 35.5 Å². The van der Waals surface area contributed by atoms with Crippen molar-refractivity contribution in [1.29, 1.82) is 0 Å². The highest BCUT2D eigenvalue weighted by molar-refractivity contribution is 5.94. The summed E-state index contributed by atoms with van der Waals surface area (Å²) in [7, 11) is 0. The molecule has 4 amide bonds. The molecule has 1 heterocycles. The molecule has 0 saturated carbocycles. The Morgan fingerprint density at radius 3 is 2.21 bits per heavy atom. The zero-order chi connectivity index (χ0) is 31.4. The highest BCUT2D eigenvalue weighted by atomic mass is 16.4. The van der Waals surface area contributed by atoms with Crippen molar-refractivity contribution < 1.29 is 29.1 Å². The number of carbonyl (C=O) groups is 5. The molecule has 0 radical (unpaired) electrons. The van der Waals surface area contributed by atoms with Gasteiger partial charge in [-0.15, -0.1) is 0 Å². The Balaban J connectivity index is 2.11. The molecule has 4 atom stereocenters. The minimum atomic E-state index is -1.28. The third-order valence-corrected chi connectivity index (χ3v) is 6.58. The standard InChI is InChI=1S/C27H41N9O6/c1-14(2)22(25(40)35-20(26(41)42)12-15-13-33-18-8-4-3-6-16(15)18)36-24(39)19(9-10-21(29)37)34-23(38)17(28)7-5-11-32-27(30)31/h3-4,6,8,13-14,17,19-20,22,33H,5,7,9-12,28H2,1-2H3,(H2,29,37)(H,34,38)(H,35,40)(H,36,39)(H,41,42)(H4,30,31,32). The number of aliphatic imine (C=N–C) groups is 1. The smallest absolute Gasteiger partial charge is 0.326 e. The fourth-order valence-corrected chi connectivity index (χ4v) is 4.26. The Labute approximate surface area is 243 Å². The molecule has 13 N–H and O–H groups in total. The number of para-hydroxylation sites is 1. The van der Waals surface area contributed by atoms with Gasteiger partial charge in [0, 0.05) is 36.5 Å². The Morgan fingerprint density at radius 2 is 1.60 bits per heavy atom. The van der Waals surface area contributed by atoms with Crippen molar-refractivity contribution >= 4 is 46.5 Å². The first-order valence-electron chi connectivity index (χ1n) is 13.6. The van der Waals surface area contributed by atoms with E-state index in [0.29, 0.717) is 12.0 Å². The van der Waals surface area contributed by atoms with E-state index in [9.17, 15) is 29.1 Å². The maximum Gasteiger partial charge on any atom is 0.326 e. The van der Waals surface area contributed by atoms with Gasteiger partial charge in [0.05, 0.1) is 6.04 Å². The Hall–Kier alpha value is -4.66. The average Bonchev–Trinajstić information content (AvgIpc) is 3.33. The van der Waals surface area contributed by atoms with Gasteiger partial charge in [0.25, 0.3) is 0 Å². The first-order valence-corrected chi connectivity index (χ1v) is 13.6. The molecule has 4 unspecified atom stereocenters. The largest absolute Gasteiger partial charge is 0.480 e. The number of carboxylic acid groups (broad SMARTS) is 1. The summed E-state index contributed by atoms with van der Waals surface area (Å²) in [5.41, 5.74) is 23.3. The van der Waals surface area contributed by atoms with Crippen LogP contribution in [0.3, 0.4) is 0 Å². The lowest BCUT2D eigenvalue weighted by Crippen LogP contribution is -2.58. The van der Waals surface area contributed by atoms with E-state index in [1.54, 1.807) is 20.0 Å². The van der Waals surface area contributed by atoms with Gasteiger partial charge in [-0.2, -0.15) is 0 Å². The molecule has 15 heteroatoms. The molecule has 0 aliphatic carbocycles. The van der Waals surface area contributed by atoms with Gasteiger partial charge in [0.1, 0.15) is 18.1 Å². The van der Waals surface area contributed by atoms with Crippen LogP contribution in [0.25, 0.3) is 10.9 Å². The zero-order valence-corrected chi connectivity index (χ0v) is 23.8. The van der Waals surface area contributed by atoms with Crippen LogP contribution in [0, 0.1) is 5.92 Å². The predicted molar refractivity (Wildman–Crippen MR) is 157 cm³/mol. The van der Waals surface area contributed by atoms with Crippen LogP contribution < -0.4 is 38.9 Å². The topological polar surface area (TPSA) is 274 Å². The number of carbonyl (C=O) groups excluding carboxylic acids is 4. The number of amides is 4. The fourth-order valence-electron chi connectivity index (χ4n) is 4.26. The van der Waals surface area contributed by atoms with Crippen LogP contribution in [-0.2, 0) is 30.4 Å². The average molecular weight is 588 g/mol. The number of aromatic amines is 1. The summed E-state index contributed by atoms with van der Waals surface area (Å²) < 4.78 is 0. The number of H-pyrrole nitrogens is 1. The van der Waals surface area contributed by atoms with E-state index in [2.05, 4.69) is 25.9 Å². The van der Waals surface area contributed by atoms with E-state index in [1.165, 1.54) is 0 Å². The number of nitrogens with two attached hydrogens (primary N) is 4. The number of nitrogens with one attached hydrogen (secondary N) is 4. The monoisotopic (exact) mass is 587 g/mol. The molecule has 0 aliphatic rings. The van der Waals surface area contributed by atoms with Gasteiger partial charge in [0.2, 0.25) is 23.6 Å². The van der Waals surface area contributed by atoms with Crippen molar-refractivity contribution in [3.8, 4) is 0 Å². The van der Waals surface area contributed by atoms with E-state index in [1.807, 2.05) is 24.3 Å². The molecule has 1 aromatic carbocycles. The number of aliphatic carboxylic acids is 1. The minimum Gasteiger partial charge on any atom is -0.480 e. The summed E-state index contributed by atoms with van der Waals surface area (Å²) in [6.07, 6.45) is 1.95. The van der Waals surface area contributed by atoms with Crippen molar-refractivity contribution in [2.24, 2.45) is 33.8 Å². The molecule has 2 aromatic rings. The van der Waals surface area contributed by atoms with Crippen LogP contribution >= 0.6 is 0 Å². The molecule has 230 valence electrons. The van der Waals surface area contributed by atoms with E-state index < -0.39 is 59.7 Å². The molecule has 0 bridgehead atoms. The second kappa shape index (κ2) is 16.0. The van der Waals surface area contributed by atoms with Crippen LogP contribution in [0.5, 0.6) is 0 Å². The van der Waals surface area contributed by atoms with Gasteiger partial charge in [0.15, 0.2) is 5.96 Å². The van der Waals surface area contributed by atoms with Crippen molar-refractivity contribution in [1.82, 2.24) is 20.9 Å². The van der Waals surface area contributed by atoms with Gasteiger partial charge >= 0.3 is 5.97 Å². The highest BCUT2D eigenvalue weighted by Gasteiger charge is 2.32. The van der Waals surface area contributed by atoms with E-state index >= 15 is 0 Å². The van der Waals surface area contributed by atoms with Gasteiger partial charge in [-0.1, -0.05) is 32.0 Å². The van der Waals surface area contributed by atoms with Crippen LogP contribution in [-0.4, -0.2) is 76.4 Å². The normalized spacial score (nSPS) is 13.9. The molecule has 0 fully saturated rings. The van der Waals surface area contributed by atoms with Crippen molar-refractivity contribution in [2.45, 2.75) is 70.1 Å². The number of rotatable bonds is 17. The van der Waals surface area contributed by atoms with Gasteiger partial charge in [-0.25, -0.2) is 4.79 Å². The number of hydrogen-bond acceptors (Lipinski definition) is 7. The molecule has 15 nitrogen and oxygen atoms in total. The number of primary amides is 1. The summed E-state index contributed by atoms with van der Waals surface area (Å²) in [6, 6.07) is 2.71. The highest BCUT2D eigenvalue weighted by Crippen LogP contribution is 2.19. The lowest BCUT2D eigenvalue weighted by molar-refractivity contribution is -0.142. The van der Waals surface area contributed by atoms with Crippen molar-refractivity contribution in [3.63, 3.8) is 0 Å². The van der Waals surface area contributed by atoms with Crippen molar-refractivity contribution in [2.75, 3.05) is 6.54 Å². The number of guanidine groups is 1. The summed E-state index contributed by atoms with van der Waals surface area (Å²) in [6.45, 7) is 3.60. The Morgan fingerprint density at radius 1 is 0.929 bits per heavy atom. The molecule has 2 rings (SSSR count). The lowest BCUT2D eigenvalue weighted by atomic mass is 10.00. The number of fused-ring (bicyclic) bond motifs is 1. The third-order valence-electron chi connectivity index (χ3n) is 6.58. The Bertz CT molecular complexity index is 1290. The van der Waals surface area contributed by atoms with Crippen LogP contribution in [0.2, 0.25) is 0 Å². The molecular formula is C27H41N9O6. The zero-order valence-electron chi connectivity index (χ0n) is 23.8. The fraction of sp³-hybridized carbons (Fsp3) is 0.481. The number of benzene rings is 1. The molecule has 42 heavy (non-hydrogen) atoms. The maximum absolute atomic E-state index is 13.2. The molecule has 0 aliphatic heterocycles. The van der Waals surface area contributed by atoms with Crippen LogP contribution in [0.1, 0.15) is 45.1 Å². The van der Waals surface area contributed by atoms with E-state index in [0.717, 1.165) is 10.9 Å². The number of nitrogens with zero attached hydrogens (tertiary/aromatic N) is 1. The third kappa shape index (κ3) is 10.4. The van der Waals surface area contributed by atoms with Crippen molar-refractivity contribution in [3.05, 3.63) is 36.0 Å². The van der Waals surface area contributed by atoms with Gasteiger partial charge in [-0.3, -0.25) is 24.2 Å². The summed E-state index contributed by atoms with van der Waals surface area (Å²) in [5.74, 6) is -4.61. The van der Waals surface area contributed by atoms with Gasteiger partial charge in [-0.05, 0) is 36.8 Å². The lowest BCUT2D eigenvalue weighted by Gasteiger charge is -2.27. The minimum absolute atomic E-state index is 0.00220. The van der Waals surface area contributed by atoms with E-state index in [-0.39, 0.29) is 38.2 Å². The molecule has 0 spiro atoms. The first-order chi connectivity index (χ1) is 19.8. The molecule has 1 aromatic heterocycles. The molecule has 0 saturated heterocycles. The second-order valence-corrected chi connectivity index (χ2v) is 10.3. The maximum atomic E-state index is 13.2. The SMILES string of the molecule is CC(C)C(NC(=O)C(CCC(N)=O)NC(=O)C(N)CCCN=C(N)N)C(=O)NC(Cc1c[nH]c2ccccc12)C(=O)O. The predicted octanol–water partition coefficient (Wildman–Crippen LogP) is -1.45. The summed E-state index contributed by atoms with van der Waals surface area (Å²) in [5, 5.41) is 18.3. The number of aromatic nitrogens is 1. The number of carboxylic acids is 1. The Kier molecular flexibility index (Phi) is 12.7. The van der Waals surface area contributed by atoms with Crippen LogP contribution in [0.4, 0.5) is 0 Å². The molecular weight excluding hydrogens is 546 g/mol. The second-order valence-electron chi connectivity index (χ2n) is 10.3. The quantitative estimate of drug-likeness (QED) is 0.0594. The summed E-state index contributed by atoms with van der Waals surface area (Å²) in [4.78, 5) is 69.5. The first kappa shape index (κ1) is 33.5. The van der Waals surface area contributed by atoms with E-state index in [4.69, 9.17) is 22.9 Å². The summed E-state index contributed by atoms with van der Waals surface area (Å²) >= 11 is 0. The van der Waals surface area contributed by atoms with Gasteiger partial charge < -0.3 is 49.0 Å².